The number of nitrogens with zero attached hydrogens (tertiary/aromatic N) is 3. The number of carbonyl (C=O) groups is 2. The molecule has 1 aliphatic rings. The third-order valence-corrected chi connectivity index (χ3v) is 9.34. The lowest BCUT2D eigenvalue weighted by Crippen LogP contribution is -2.47. The van der Waals surface area contributed by atoms with Gasteiger partial charge >= 0.3 is 0 Å². The van der Waals surface area contributed by atoms with Gasteiger partial charge in [0.05, 0.1) is 11.2 Å². The van der Waals surface area contributed by atoms with Crippen molar-refractivity contribution in [3.05, 3.63) is 153 Å². The first-order valence-electron chi connectivity index (χ1n) is 17.0. The van der Waals surface area contributed by atoms with Crippen molar-refractivity contribution < 1.29 is 23.8 Å². The summed E-state index contributed by atoms with van der Waals surface area (Å²) in [6, 6.07) is 30.0. The first-order chi connectivity index (χ1) is 25.2. The second-order valence-electron chi connectivity index (χ2n) is 12.6. The second-order valence-corrected chi connectivity index (χ2v) is 13.4. The van der Waals surface area contributed by atoms with Crippen LogP contribution >= 0.6 is 23.2 Å². The van der Waals surface area contributed by atoms with Crippen molar-refractivity contribution in [1.29, 1.82) is 0 Å². The van der Waals surface area contributed by atoms with Crippen molar-refractivity contribution >= 4 is 41.0 Å². The van der Waals surface area contributed by atoms with Gasteiger partial charge in [-0.3, -0.25) is 14.5 Å². The first-order valence-corrected chi connectivity index (χ1v) is 17.8. The van der Waals surface area contributed by atoms with Gasteiger partial charge in [0.2, 0.25) is 11.8 Å². The number of ether oxygens (including phenoxy) is 3. The summed E-state index contributed by atoms with van der Waals surface area (Å²) in [6.07, 6.45) is 4.95. The molecule has 0 atom stereocenters. The van der Waals surface area contributed by atoms with E-state index in [4.69, 9.17) is 37.4 Å². The largest absolute Gasteiger partial charge is 0.487 e. The van der Waals surface area contributed by atoms with Crippen LogP contribution in [-0.4, -0.2) is 59.3 Å². The standard InChI is InChI=1S/C42H39Cl2N3O5/c1-29-7-14-35(15-8-29)51-28-39(48)33-12-9-31(10-13-33)26-46-19-21-47(22-20-46)41(49)18-11-32-23-30(2)42(38(44)24-32)52-40-17-16-36(25-45-40)50-27-34-5-3-4-6-37(34)43/h3-18,23-25H,19-22,26-28H2,1-2H3/b18-11+. The molecule has 4 aromatic carbocycles. The van der Waals surface area contributed by atoms with E-state index < -0.39 is 0 Å². The number of piperazine rings is 1. The van der Waals surface area contributed by atoms with Crippen LogP contribution in [-0.2, 0) is 17.9 Å². The van der Waals surface area contributed by atoms with Crippen molar-refractivity contribution in [2.24, 2.45) is 0 Å². The summed E-state index contributed by atoms with van der Waals surface area (Å²) in [5.41, 5.74) is 5.36. The van der Waals surface area contributed by atoms with E-state index in [2.05, 4.69) is 9.88 Å². The van der Waals surface area contributed by atoms with Gasteiger partial charge in [-0.1, -0.05) is 83.4 Å². The van der Waals surface area contributed by atoms with Crippen molar-refractivity contribution in [1.82, 2.24) is 14.8 Å². The highest BCUT2D eigenvalue weighted by molar-refractivity contribution is 6.32. The van der Waals surface area contributed by atoms with E-state index in [9.17, 15) is 9.59 Å². The van der Waals surface area contributed by atoms with Crippen LogP contribution in [0.25, 0.3) is 6.08 Å². The van der Waals surface area contributed by atoms with E-state index in [-0.39, 0.29) is 18.3 Å². The Labute approximate surface area is 314 Å². The molecular formula is C42H39Cl2N3O5. The molecule has 5 aromatic rings. The van der Waals surface area contributed by atoms with Crippen molar-refractivity contribution in [3.8, 4) is 23.1 Å². The summed E-state index contributed by atoms with van der Waals surface area (Å²) in [4.78, 5) is 34.2. The zero-order valence-electron chi connectivity index (χ0n) is 29.1. The third kappa shape index (κ3) is 10.0. The van der Waals surface area contributed by atoms with E-state index in [0.29, 0.717) is 58.4 Å². The van der Waals surface area contributed by atoms with Crippen LogP contribution in [0.3, 0.4) is 0 Å². The van der Waals surface area contributed by atoms with Crippen LogP contribution < -0.4 is 14.2 Å². The molecule has 1 saturated heterocycles. The third-order valence-electron chi connectivity index (χ3n) is 8.69. The SMILES string of the molecule is Cc1ccc(OCC(=O)c2ccc(CN3CCN(C(=O)/C=C/c4cc(C)c(Oc5ccc(OCc6ccccc6Cl)cn5)c(Cl)c4)CC3)cc2)cc1. The lowest BCUT2D eigenvalue weighted by Gasteiger charge is -2.34. The monoisotopic (exact) mass is 735 g/mol. The number of amides is 1. The summed E-state index contributed by atoms with van der Waals surface area (Å²) < 4.78 is 17.5. The Morgan fingerprint density at radius 3 is 2.23 bits per heavy atom. The summed E-state index contributed by atoms with van der Waals surface area (Å²) in [5.74, 6) is 2.02. The van der Waals surface area contributed by atoms with Gasteiger partial charge in [-0.05, 0) is 73.0 Å². The number of aryl methyl sites for hydroxylation is 2. The highest BCUT2D eigenvalue weighted by Gasteiger charge is 2.20. The maximum Gasteiger partial charge on any atom is 0.246 e. The van der Waals surface area contributed by atoms with E-state index in [0.717, 1.165) is 47.5 Å². The van der Waals surface area contributed by atoms with Gasteiger partial charge in [-0.15, -0.1) is 0 Å². The molecule has 52 heavy (non-hydrogen) atoms. The molecule has 1 fully saturated rings. The van der Waals surface area contributed by atoms with Gasteiger partial charge < -0.3 is 19.1 Å². The minimum atomic E-state index is -0.0646. The highest BCUT2D eigenvalue weighted by atomic mass is 35.5. The Kier molecular flexibility index (Phi) is 12.2. The predicted molar refractivity (Wildman–Crippen MR) is 205 cm³/mol. The topological polar surface area (TPSA) is 81.2 Å². The normalized spacial score (nSPS) is 13.3. The Hall–Kier alpha value is -5.15. The Bertz CT molecular complexity index is 2000. The minimum Gasteiger partial charge on any atom is -0.487 e. The fraction of sp³-hybridized carbons (Fsp3) is 0.214. The maximum atomic E-state index is 13.0. The van der Waals surface area contributed by atoms with Crippen LogP contribution in [0.1, 0.15) is 38.2 Å². The molecule has 0 spiro atoms. The minimum absolute atomic E-state index is 0.00406. The molecule has 0 N–H and O–H groups in total. The van der Waals surface area contributed by atoms with Gasteiger partial charge in [0.25, 0.3) is 0 Å². The summed E-state index contributed by atoms with van der Waals surface area (Å²) in [6.45, 7) is 7.73. The van der Waals surface area contributed by atoms with Crippen LogP contribution in [0.2, 0.25) is 10.0 Å². The van der Waals surface area contributed by atoms with Crippen LogP contribution in [0.5, 0.6) is 23.1 Å². The van der Waals surface area contributed by atoms with Gasteiger partial charge in [0.15, 0.2) is 18.1 Å². The number of rotatable bonds is 13. The number of hydrogen-bond donors (Lipinski definition) is 0. The molecule has 266 valence electrons. The summed E-state index contributed by atoms with van der Waals surface area (Å²) >= 11 is 12.8. The van der Waals surface area contributed by atoms with E-state index >= 15 is 0 Å². The van der Waals surface area contributed by atoms with Crippen molar-refractivity contribution in [2.45, 2.75) is 27.0 Å². The number of pyridine rings is 1. The zero-order valence-corrected chi connectivity index (χ0v) is 30.6. The van der Waals surface area contributed by atoms with Crippen LogP contribution in [0.4, 0.5) is 0 Å². The molecule has 0 saturated carbocycles. The molecule has 6 rings (SSSR count). The first kappa shape index (κ1) is 36.6. The number of benzene rings is 4. The summed E-state index contributed by atoms with van der Waals surface area (Å²) in [5, 5.41) is 1.06. The van der Waals surface area contributed by atoms with E-state index in [1.165, 1.54) is 0 Å². The fourth-order valence-corrected chi connectivity index (χ4v) is 6.20. The number of Topliss-reactive ketones (excluding diaryl/α,β-unsaturated/α-hetero) is 1. The molecule has 1 amide bonds. The maximum absolute atomic E-state index is 13.0. The lowest BCUT2D eigenvalue weighted by molar-refractivity contribution is -0.127. The average molecular weight is 737 g/mol. The Morgan fingerprint density at radius 1 is 0.808 bits per heavy atom. The smallest absolute Gasteiger partial charge is 0.246 e. The van der Waals surface area contributed by atoms with Gasteiger partial charge in [0.1, 0.15) is 18.1 Å². The Balaban J connectivity index is 0.945. The van der Waals surface area contributed by atoms with E-state index in [1.807, 2.05) is 97.6 Å². The molecule has 2 heterocycles. The average Bonchev–Trinajstić information content (AvgIpc) is 3.16. The molecule has 0 unspecified atom stereocenters. The molecular weight excluding hydrogens is 697 g/mol. The summed E-state index contributed by atoms with van der Waals surface area (Å²) in [7, 11) is 0. The van der Waals surface area contributed by atoms with Crippen molar-refractivity contribution in [3.63, 3.8) is 0 Å². The number of carbonyl (C=O) groups excluding carboxylic acids is 2. The number of aromatic nitrogens is 1. The Morgan fingerprint density at radius 2 is 1.54 bits per heavy atom. The molecule has 1 aromatic heterocycles. The number of ketones is 1. The zero-order chi connectivity index (χ0) is 36.5. The molecule has 8 nitrogen and oxygen atoms in total. The second kappa shape index (κ2) is 17.4. The van der Waals surface area contributed by atoms with Crippen molar-refractivity contribution in [2.75, 3.05) is 32.8 Å². The lowest BCUT2D eigenvalue weighted by atomic mass is 10.1. The van der Waals surface area contributed by atoms with E-state index in [1.54, 1.807) is 36.5 Å². The molecule has 0 aliphatic carbocycles. The van der Waals surface area contributed by atoms with Gasteiger partial charge in [-0.25, -0.2) is 4.98 Å². The van der Waals surface area contributed by atoms with Crippen LogP contribution in [0.15, 0.2) is 109 Å². The molecule has 10 heteroatoms. The van der Waals surface area contributed by atoms with Gasteiger partial charge in [0, 0.05) is 61.0 Å². The number of hydrogen-bond acceptors (Lipinski definition) is 7. The van der Waals surface area contributed by atoms with Gasteiger partial charge in [-0.2, -0.15) is 0 Å². The quantitative estimate of drug-likeness (QED) is 0.0882. The highest BCUT2D eigenvalue weighted by Crippen LogP contribution is 2.34. The number of halogens is 2. The molecule has 0 bridgehead atoms. The molecule has 1 aliphatic heterocycles. The predicted octanol–water partition coefficient (Wildman–Crippen LogP) is 9.00. The van der Waals surface area contributed by atoms with Crippen LogP contribution in [0, 0.1) is 13.8 Å². The molecule has 0 radical (unpaired) electrons. The fourth-order valence-electron chi connectivity index (χ4n) is 5.70.